The summed E-state index contributed by atoms with van der Waals surface area (Å²) in [6.07, 6.45) is -3.15. The fourth-order valence-corrected chi connectivity index (χ4v) is 0.527. The van der Waals surface area contributed by atoms with E-state index >= 15 is 0 Å². The number of nitrogens with one attached hydrogen (secondary N) is 1. The molecule has 1 aliphatic rings. The average Bonchev–Trinajstić information content (AvgIpc) is 2.12. The zero-order valence-corrected chi connectivity index (χ0v) is 4.77. The van der Waals surface area contributed by atoms with Crippen molar-refractivity contribution in [3.63, 3.8) is 0 Å². The first-order chi connectivity index (χ1) is 4.58. The van der Waals surface area contributed by atoms with Crippen LogP contribution in [-0.4, -0.2) is 12.5 Å². The molecule has 1 N–H and O–H groups in total. The van der Waals surface area contributed by atoms with Crippen molar-refractivity contribution in [2.24, 2.45) is 0 Å². The zero-order chi connectivity index (χ0) is 7.61. The first kappa shape index (κ1) is 7.40. The molecular formula is C5H4F3NO. The van der Waals surface area contributed by atoms with Gasteiger partial charge in [-0.15, -0.1) is 13.2 Å². The molecule has 1 rings (SSSR count). The highest BCUT2D eigenvalue weighted by molar-refractivity contribution is 5.04. The van der Waals surface area contributed by atoms with E-state index in [1.165, 1.54) is 12.3 Å². The van der Waals surface area contributed by atoms with Crippen LogP contribution in [0.5, 0.6) is 0 Å². The quantitative estimate of drug-likeness (QED) is 0.604. The van der Waals surface area contributed by atoms with Gasteiger partial charge >= 0.3 is 6.36 Å². The van der Waals surface area contributed by atoms with Crippen molar-refractivity contribution in [1.29, 1.82) is 0 Å². The predicted molar refractivity (Wildman–Crippen MR) is 26.4 cm³/mol. The molecule has 2 radical (unpaired) electrons. The molecule has 0 aromatic carbocycles. The van der Waals surface area contributed by atoms with Crippen LogP contribution in [0, 0.1) is 6.54 Å². The number of halogens is 3. The molecule has 1 aliphatic heterocycles. The van der Waals surface area contributed by atoms with Crippen molar-refractivity contribution < 1.29 is 17.9 Å². The van der Waals surface area contributed by atoms with Gasteiger partial charge in [-0.3, -0.25) is 4.74 Å². The molecule has 0 bridgehead atoms. The number of hydrogen-bond acceptors (Lipinski definition) is 2. The number of alkyl halides is 3. The van der Waals surface area contributed by atoms with Crippen LogP contribution in [-0.2, 0) is 4.74 Å². The normalized spacial score (nSPS) is 24.9. The van der Waals surface area contributed by atoms with Gasteiger partial charge in [0, 0.05) is 0 Å². The Hall–Kier alpha value is -0.710. The SMILES string of the molecule is FC(F)(F)OC1[C]NC=C1. The van der Waals surface area contributed by atoms with Crippen molar-refractivity contribution in [3.05, 3.63) is 18.8 Å². The van der Waals surface area contributed by atoms with Gasteiger partial charge in [-0.2, -0.15) is 0 Å². The maximum Gasteiger partial charge on any atom is 0.523 e. The topological polar surface area (TPSA) is 21.3 Å². The molecule has 2 nitrogen and oxygen atoms in total. The van der Waals surface area contributed by atoms with Gasteiger partial charge in [-0.05, 0) is 12.3 Å². The minimum atomic E-state index is -4.59. The summed E-state index contributed by atoms with van der Waals surface area (Å²) >= 11 is 0. The maximum absolute atomic E-state index is 11.4. The molecule has 1 unspecified atom stereocenters. The van der Waals surface area contributed by atoms with Crippen molar-refractivity contribution in [3.8, 4) is 0 Å². The van der Waals surface area contributed by atoms with Gasteiger partial charge in [-0.1, -0.05) is 0 Å². The van der Waals surface area contributed by atoms with E-state index in [-0.39, 0.29) is 0 Å². The fourth-order valence-electron chi connectivity index (χ4n) is 0.527. The van der Waals surface area contributed by atoms with Crippen LogP contribution in [0.4, 0.5) is 13.2 Å². The summed E-state index contributed by atoms with van der Waals surface area (Å²) in [6.45, 7) is 2.21. The Morgan fingerprint density at radius 2 is 2.20 bits per heavy atom. The van der Waals surface area contributed by atoms with Gasteiger partial charge in [0.25, 0.3) is 0 Å². The van der Waals surface area contributed by atoms with E-state index in [4.69, 9.17) is 0 Å². The Balaban J connectivity index is 2.31. The van der Waals surface area contributed by atoms with Crippen LogP contribution in [0.1, 0.15) is 0 Å². The summed E-state index contributed by atoms with van der Waals surface area (Å²) in [5, 5.41) is 2.34. The van der Waals surface area contributed by atoms with Crippen molar-refractivity contribution in [2.45, 2.75) is 12.5 Å². The van der Waals surface area contributed by atoms with Gasteiger partial charge in [0.05, 0.1) is 0 Å². The lowest BCUT2D eigenvalue weighted by Gasteiger charge is -2.10. The van der Waals surface area contributed by atoms with Crippen LogP contribution in [0.25, 0.3) is 0 Å². The highest BCUT2D eigenvalue weighted by Crippen LogP contribution is 2.20. The summed E-state index contributed by atoms with van der Waals surface area (Å²) in [5.41, 5.74) is 0. The van der Waals surface area contributed by atoms with E-state index < -0.39 is 12.5 Å². The van der Waals surface area contributed by atoms with Gasteiger partial charge < -0.3 is 5.32 Å². The van der Waals surface area contributed by atoms with E-state index in [2.05, 4.69) is 16.6 Å². The Labute approximate surface area is 55.7 Å². The Bertz CT molecular complexity index is 142. The van der Waals surface area contributed by atoms with E-state index in [9.17, 15) is 13.2 Å². The van der Waals surface area contributed by atoms with Crippen LogP contribution < -0.4 is 5.32 Å². The first-order valence-corrected chi connectivity index (χ1v) is 2.50. The van der Waals surface area contributed by atoms with Crippen molar-refractivity contribution in [2.75, 3.05) is 0 Å². The zero-order valence-electron chi connectivity index (χ0n) is 4.77. The summed E-state index contributed by atoms with van der Waals surface area (Å²) in [7, 11) is 0. The second-order valence-corrected chi connectivity index (χ2v) is 1.63. The summed E-state index contributed by atoms with van der Waals surface area (Å²) in [4.78, 5) is 0. The second kappa shape index (κ2) is 2.49. The molecule has 1 atom stereocenters. The Morgan fingerprint density at radius 3 is 2.60 bits per heavy atom. The highest BCUT2D eigenvalue weighted by atomic mass is 19.4. The standard InChI is InChI=1S/C5H4F3NO/c6-5(7,8)10-4-1-2-9-3-4/h1-2,4,9H. The summed E-state index contributed by atoms with van der Waals surface area (Å²) < 4.78 is 37.7. The Morgan fingerprint density at radius 1 is 1.50 bits per heavy atom. The Kier molecular flexibility index (Phi) is 1.85. The highest BCUT2D eigenvalue weighted by Gasteiger charge is 2.33. The predicted octanol–water partition coefficient (Wildman–Crippen LogP) is 1.05. The molecular weight excluding hydrogens is 147 g/mol. The smallest absolute Gasteiger partial charge is 0.378 e. The van der Waals surface area contributed by atoms with E-state index in [1.54, 1.807) is 0 Å². The molecule has 0 aromatic rings. The number of hydrogen-bond donors (Lipinski definition) is 1. The fraction of sp³-hybridized carbons (Fsp3) is 0.400. The number of ether oxygens (including phenoxy) is 1. The van der Waals surface area contributed by atoms with Crippen LogP contribution in [0.15, 0.2) is 12.3 Å². The molecule has 0 saturated carbocycles. The van der Waals surface area contributed by atoms with Crippen LogP contribution in [0.3, 0.4) is 0 Å². The molecule has 0 aliphatic carbocycles. The van der Waals surface area contributed by atoms with E-state index in [0.29, 0.717) is 0 Å². The lowest BCUT2D eigenvalue weighted by molar-refractivity contribution is -0.332. The number of rotatable bonds is 1. The maximum atomic E-state index is 11.4. The molecule has 56 valence electrons. The molecule has 0 amide bonds. The molecule has 5 heteroatoms. The lowest BCUT2D eigenvalue weighted by atomic mass is 10.4. The third-order valence-corrected chi connectivity index (χ3v) is 0.841. The van der Waals surface area contributed by atoms with Crippen LogP contribution in [0.2, 0.25) is 0 Å². The molecule has 0 spiro atoms. The van der Waals surface area contributed by atoms with Gasteiger partial charge in [0.15, 0.2) is 0 Å². The molecule has 1 heterocycles. The first-order valence-electron chi connectivity index (χ1n) is 2.50. The summed E-state index contributed by atoms with van der Waals surface area (Å²) in [5.74, 6) is 0. The van der Waals surface area contributed by atoms with Gasteiger partial charge in [0.1, 0.15) is 12.6 Å². The molecule has 10 heavy (non-hydrogen) atoms. The average molecular weight is 151 g/mol. The summed E-state index contributed by atoms with van der Waals surface area (Å²) in [6, 6.07) is 0. The minimum absolute atomic E-state index is 1.11. The van der Waals surface area contributed by atoms with Crippen molar-refractivity contribution in [1.82, 2.24) is 5.32 Å². The molecule has 0 saturated heterocycles. The monoisotopic (exact) mass is 151 g/mol. The van der Waals surface area contributed by atoms with Gasteiger partial charge in [-0.25, -0.2) is 0 Å². The van der Waals surface area contributed by atoms with E-state index in [0.717, 1.165) is 0 Å². The molecule has 0 fully saturated rings. The third-order valence-electron chi connectivity index (χ3n) is 0.841. The molecule has 0 aromatic heterocycles. The van der Waals surface area contributed by atoms with Crippen LogP contribution >= 0.6 is 0 Å². The minimum Gasteiger partial charge on any atom is -0.378 e. The van der Waals surface area contributed by atoms with E-state index in [1.807, 2.05) is 0 Å². The largest absolute Gasteiger partial charge is 0.523 e. The second-order valence-electron chi connectivity index (χ2n) is 1.63. The third kappa shape index (κ3) is 2.26. The van der Waals surface area contributed by atoms with Crippen molar-refractivity contribution >= 4 is 0 Å². The lowest BCUT2D eigenvalue weighted by Crippen LogP contribution is -2.22. The van der Waals surface area contributed by atoms with Gasteiger partial charge in [0.2, 0.25) is 0 Å².